The molecule has 1 aliphatic heterocycles. The topological polar surface area (TPSA) is 50.8 Å². The Balaban J connectivity index is 1.96. The van der Waals surface area contributed by atoms with Gasteiger partial charge < -0.3 is 9.72 Å². The van der Waals surface area contributed by atoms with E-state index in [4.69, 9.17) is 21.3 Å². The minimum Gasteiger partial charge on any atom is -0.481 e. The third-order valence-electron chi connectivity index (χ3n) is 3.84. The van der Waals surface area contributed by atoms with Gasteiger partial charge in [0.2, 0.25) is 0 Å². The van der Waals surface area contributed by atoms with E-state index in [9.17, 15) is 0 Å². The Kier molecular flexibility index (Phi) is 2.78. The molecule has 4 rings (SSSR count). The maximum atomic E-state index is 6.24. The van der Waals surface area contributed by atoms with E-state index in [-0.39, 0.29) is 0 Å². The molecule has 3 heterocycles. The summed E-state index contributed by atoms with van der Waals surface area (Å²) in [7, 11) is 0. The lowest BCUT2D eigenvalue weighted by Crippen LogP contribution is -2.29. The van der Waals surface area contributed by atoms with Crippen molar-refractivity contribution in [3.05, 3.63) is 53.4 Å². The zero-order valence-corrected chi connectivity index (χ0v) is 13.0. The third kappa shape index (κ3) is 1.91. The number of halogens is 1. The monoisotopic (exact) mass is 311 g/mol. The first kappa shape index (κ1) is 13.3. The maximum Gasteiger partial charge on any atom is 0.145 e. The molecule has 110 valence electrons. The van der Waals surface area contributed by atoms with Gasteiger partial charge in [-0.05, 0) is 32.0 Å². The second-order valence-corrected chi connectivity index (χ2v) is 6.18. The predicted molar refractivity (Wildman–Crippen MR) is 85.9 cm³/mol. The second-order valence-electron chi connectivity index (χ2n) is 5.77. The van der Waals surface area contributed by atoms with E-state index in [0.717, 1.165) is 34.1 Å². The summed E-state index contributed by atoms with van der Waals surface area (Å²) in [6.07, 6.45) is 3.33. The van der Waals surface area contributed by atoms with Crippen LogP contribution >= 0.6 is 11.6 Å². The molecule has 0 amide bonds. The number of para-hydroxylation sites is 1. The number of rotatable bonds is 1. The van der Waals surface area contributed by atoms with E-state index >= 15 is 0 Å². The lowest BCUT2D eigenvalue weighted by atomic mass is 9.95. The van der Waals surface area contributed by atoms with E-state index in [0.29, 0.717) is 5.02 Å². The molecule has 0 spiro atoms. The minimum atomic E-state index is -0.478. The molecule has 0 aliphatic carbocycles. The Bertz CT molecular complexity index is 870. The van der Waals surface area contributed by atoms with Crippen molar-refractivity contribution in [1.82, 2.24) is 15.0 Å². The van der Waals surface area contributed by atoms with Crippen LogP contribution in [0, 0.1) is 0 Å². The average molecular weight is 312 g/mol. The highest BCUT2D eigenvalue weighted by molar-refractivity contribution is 6.33. The summed E-state index contributed by atoms with van der Waals surface area (Å²) in [6.45, 7) is 4.05. The second kappa shape index (κ2) is 4.58. The lowest BCUT2D eigenvalue weighted by molar-refractivity contribution is 0.101. The first-order chi connectivity index (χ1) is 10.6. The Morgan fingerprint density at radius 3 is 2.77 bits per heavy atom. The summed E-state index contributed by atoms with van der Waals surface area (Å²) < 4.78 is 6.11. The number of fused-ring (bicyclic) bond motifs is 3. The van der Waals surface area contributed by atoms with Gasteiger partial charge in [0.1, 0.15) is 17.2 Å². The quantitative estimate of drug-likeness (QED) is 0.723. The molecule has 5 heteroatoms. The number of nitrogens with zero attached hydrogens (tertiary/aromatic N) is 2. The van der Waals surface area contributed by atoms with Crippen LogP contribution in [0.15, 0.2) is 42.7 Å². The number of imidazole rings is 1. The molecule has 1 aromatic carbocycles. The van der Waals surface area contributed by atoms with Crippen molar-refractivity contribution in [1.29, 1.82) is 0 Å². The number of aromatic nitrogens is 3. The molecular weight excluding hydrogens is 298 g/mol. The van der Waals surface area contributed by atoms with Gasteiger partial charge >= 0.3 is 0 Å². The SMILES string of the molecule is CC1(C)Oc2ccccc2-c2nc(-c3ccncc3Cl)[nH]c21. The van der Waals surface area contributed by atoms with Crippen LogP contribution in [0.2, 0.25) is 5.02 Å². The summed E-state index contributed by atoms with van der Waals surface area (Å²) in [5.41, 5.74) is 3.21. The Morgan fingerprint density at radius 1 is 1.14 bits per heavy atom. The van der Waals surface area contributed by atoms with E-state index in [1.807, 2.05) is 44.2 Å². The van der Waals surface area contributed by atoms with Crippen LogP contribution < -0.4 is 4.74 Å². The van der Waals surface area contributed by atoms with E-state index < -0.39 is 5.60 Å². The number of hydrogen-bond donors (Lipinski definition) is 1. The van der Waals surface area contributed by atoms with Crippen LogP contribution in [-0.4, -0.2) is 15.0 Å². The number of pyridine rings is 1. The summed E-state index contributed by atoms with van der Waals surface area (Å²) in [5, 5.41) is 0.570. The van der Waals surface area contributed by atoms with Gasteiger partial charge in [0, 0.05) is 23.5 Å². The van der Waals surface area contributed by atoms with Gasteiger partial charge in [0.25, 0.3) is 0 Å². The van der Waals surface area contributed by atoms with Gasteiger partial charge in [-0.1, -0.05) is 23.7 Å². The van der Waals surface area contributed by atoms with Gasteiger partial charge in [-0.2, -0.15) is 0 Å². The molecule has 4 nitrogen and oxygen atoms in total. The molecule has 0 saturated heterocycles. The van der Waals surface area contributed by atoms with Gasteiger partial charge in [-0.25, -0.2) is 4.98 Å². The normalized spacial score (nSPS) is 14.9. The molecule has 2 aromatic heterocycles. The summed E-state index contributed by atoms with van der Waals surface area (Å²) in [6, 6.07) is 9.79. The van der Waals surface area contributed by atoms with Crippen molar-refractivity contribution >= 4 is 11.6 Å². The van der Waals surface area contributed by atoms with Crippen molar-refractivity contribution in [2.75, 3.05) is 0 Å². The van der Waals surface area contributed by atoms with E-state index in [2.05, 4.69) is 9.97 Å². The molecule has 0 radical (unpaired) electrons. The van der Waals surface area contributed by atoms with Crippen LogP contribution in [-0.2, 0) is 5.60 Å². The maximum absolute atomic E-state index is 6.24. The predicted octanol–water partition coefficient (Wildman–Crippen LogP) is 4.42. The van der Waals surface area contributed by atoms with Gasteiger partial charge in [-0.15, -0.1) is 0 Å². The van der Waals surface area contributed by atoms with Gasteiger partial charge in [0.15, 0.2) is 0 Å². The van der Waals surface area contributed by atoms with Crippen molar-refractivity contribution in [3.8, 4) is 28.4 Å². The molecular formula is C17H14ClN3O. The molecule has 0 unspecified atom stereocenters. The fraction of sp³-hybridized carbons (Fsp3) is 0.176. The zero-order valence-electron chi connectivity index (χ0n) is 12.2. The summed E-state index contributed by atoms with van der Waals surface area (Å²) in [4.78, 5) is 12.2. The first-order valence-electron chi connectivity index (χ1n) is 7.05. The lowest BCUT2D eigenvalue weighted by Gasteiger charge is -2.31. The Labute approximate surface area is 133 Å². The number of aromatic amines is 1. The minimum absolute atomic E-state index is 0.478. The summed E-state index contributed by atoms with van der Waals surface area (Å²) >= 11 is 6.24. The molecule has 22 heavy (non-hydrogen) atoms. The molecule has 0 saturated carbocycles. The molecule has 0 bridgehead atoms. The van der Waals surface area contributed by atoms with Crippen LogP contribution in [0.1, 0.15) is 19.5 Å². The first-order valence-corrected chi connectivity index (χ1v) is 7.43. The summed E-state index contributed by atoms with van der Waals surface area (Å²) in [5.74, 6) is 1.57. The fourth-order valence-corrected chi connectivity index (χ4v) is 2.98. The van der Waals surface area contributed by atoms with Gasteiger partial charge in [0.05, 0.1) is 16.4 Å². The molecule has 1 aliphatic rings. The van der Waals surface area contributed by atoms with Crippen molar-refractivity contribution in [2.45, 2.75) is 19.4 Å². The highest BCUT2D eigenvalue weighted by atomic mass is 35.5. The van der Waals surface area contributed by atoms with E-state index in [1.54, 1.807) is 12.4 Å². The Morgan fingerprint density at radius 2 is 1.95 bits per heavy atom. The fourth-order valence-electron chi connectivity index (χ4n) is 2.78. The van der Waals surface area contributed by atoms with Crippen LogP contribution in [0.4, 0.5) is 0 Å². The number of nitrogens with one attached hydrogen (secondary N) is 1. The molecule has 0 atom stereocenters. The number of ether oxygens (including phenoxy) is 1. The van der Waals surface area contributed by atoms with Crippen molar-refractivity contribution < 1.29 is 4.74 Å². The van der Waals surface area contributed by atoms with Gasteiger partial charge in [-0.3, -0.25) is 4.98 Å². The van der Waals surface area contributed by atoms with Crippen molar-refractivity contribution in [3.63, 3.8) is 0 Å². The number of hydrogen-bond acceptors (Lipinski definition) is 3. The van der Waals surface area contributed by atoms with Crippen LogP contribution in [0.25, 0.3) is 22.6 Å². The van der Waals surface area contributed by atoms with Crippen molar-refractivity contribution in [2.24, 2.45) is 0 Å². The standard InChI is InChI=1S/C17H14ClN3O/c1-17(2)15-14(11-5-3-4-6-13(11)22-17)20-16(21-15)10-7-8-19-9-12(10)18/h3-9H,1-2H3,(H,20,21). The highest BCUT2D eigenvalue weighted by Crippen LogP contribution is 2.44. The molecule has 0 fully saturated rings. The number of H-pyrrole nitrogens is 1. The van der Waals surface area contributed by atoms with E-state index in [1.165, 1.54) is 0 Å². The third-order valence-corrected chi connectivity index (χ3v) is 4.14. The number of benzene rings is 1. The zero-order chi connectivity index (χ0) is 15.3. The average Bonchev–Trinajstić information content (AvgIpc) is 2.94. The Hall–Kier alpha value is -2.33. The largest absolute Gasteiger partial charge is 0.481 e. The highest BCUT2D eigenvalue weighted by Gasteiger charge is 2.36. The smallest absolute Gasteiger partial charge is 0.145 e. The molecule has 3 aromatic rings. The van der Waals surface area contributed by atoms with Crippen LogP contribution in [0.3, 0.4) is 0 Å². The van der Waals surface area contributed by atoms with Crippen LogP contribution in [0.5, 0.6) is 5.75 Å². The molecule has 1 N–H and O–H groups in total.